The molecule has 0 bridgehead atoms. The van der Waals surface area contributed by atoms with E-state index in [1.165, 1.54) is 22.4 Å². The van der Waals surface area contributed by atoms with Crippen LogP contribution in [-0.4, -0.2) is 13.7 Å². The first-order valence-corrected chi connectivity index (χ1v) is 6.30. The molecule has 18 heavy (non-hydrogen) atoms. The van der Waals surface area contributed by atoms with Crippen molar-refractivity contribution in [3.8, 4) is 16.9 Å². The Bertz CT molecular complexity index is 590. The van der Waals surface area contributed by atoms with Gasteiger partial charge in [0.15, 0.2) is 0 Å². The molecule has 0 aliphatic carbocycles. The SMILES string of the molecule is COc1ccc(C)cc1-c1ccc2c(c1)NCC2. The van der Waals surface area contributed by atoms with E-state index in [1.807, 2.05) is 6.07 Å². The molecule has 0 saturated carbocycles. The molecular weight excluding hydrogens is 222 g/mol. The fourth-order valence-corrected chi connectivity index (χ4v) is 2.51. The fraction of sp³-hybridized carbons (Fsp3) is 0.250. The van der Waals surface area contributed by atoms with Gasteiger partial charge in [0.25, 0.3) is 0 Å². The van der Waals surface area contributed by atoms with Crippen LogP contribution in [0.4, 0.5) is 5.69 Å². The summed E-state index contributed by atoms with van der Waals surface area (Å²) in [5.41, 5.74) is 6.29. The van der Waals surface area contributed by atoms with Crippen LogP contribution in [-0.2, 0) is 6.42 Å². The average molecular weight is 239 g/mol. The molecule has 0 atom stereocenters. The van der Waals surface area contributed by atoms with Crippen LogP contribution in [0.5, 0.6) is 5.75 Å². The highest BCUT2D eigenvalue weighted by Crippen LogP contribution is 2.34. The van der Waals surface area contributed by atoms with Crippen molar-refractivity contribution in [3.63, 3.8) is 0 Å². The van der Waals surface area contributed by atoms with Crippen molar-refractivity contribution in [2.45, 2.75) is 13.3 Å². The molecule has 92 valence electrons. The lowest BCUT2D eigenvalue weighted by Gasteiger charge is -2.11. The van der Waals surface area contributed by atoms with Crippen LogP contribution >= 0.6 is 0 Å². The molecule has 2 nitrogen and oxygen atoms in total. The predicted octanol–water partition coefficient (Wildman–Crippen LogP) is 3.64. The van der Waals surface area contributed by atoms with E-state index in [-0.39, 0.29) is 0 Å². The number of rotatable bonds is 2. The number of nitrogens with one attached hydrogen (secondary N) is 1. The van der Waals surface area contributed by atoms with Crippen molar-refractivity contribution in [2.24, 2.45) is 0 Å². The van der Waals surface area contributed by atoms with Crippen LogP contribution in [0.3, 0.4) is 0 Å². The van der Waals surface area contributed by atoms with Crippen LogP contribution in [0.25, 0.3) is 11.1 Å². The van der Waals surface area contributed by atoms with Gasteiger partial charge in [-0.05, 0) is 42.7 Å². The lowest BCUT2D eigenvalue weighted by molar-refractivity contribution is 0.416. The summed E-state index contributed by atoms with van der Waals surface area (Å²) in [6.07, 6.45) is 1.13. The van der Waals surface area contributed by atoms with E-state index in [0.29, 0.717) is 0 Å². The van der Waals surface area contributed by atoms with E-state index in [4.69, 9.17) is 4.74 Å². The Labute approximate surface area is 108 Å². The fourth-order valence-electron chi connectivity index (χ4n) is 2.51. The highest BCUT2D eigenvalue weighted by atomic mass is 16.5. The Morgan fingerprint density at radius 3 is 2.83 bits per heavy atom. The van der Waals surface area contributed by atoms with Gasteiger partial charge in [-0.3, -0.25) is 0 Å². The summed E-state index contributed by atoms with van der Waals surface area (Å²) in [6, 6.07) is 12.9. The van der Waals surface area contributed by atoms with E-state index in [9.17, 15) is 0 Å². The van der Waals surface area contributed by atoms with Crippen molar-refractivity contribution in [2.75, 3.05) is 19.0 Å². The molecule has 1 aliphatic heterocycles. The largest absolute Gasteiger partial charge is 0.496 e. The highest BCUT2D eigenvalue weighted by molar-refractivity contribution is 5.76. The summed E-state index contributed by atoms with van der Waals surface area (Å²) < 4.78 is 5.45. The lowest BCUT2D eigenvalue weighted by Crippen LogP contribution is -1.92. The molecule has 2 aromatic rings. The predicted molar refractivity (Wildman–Crippen MR) is 75.4 cm³/mol. The summed E-state index contributed by atoms with van der Waals surface area (Å²) in [6.45, 7) is 3.15. The zero-order valence-electron chi connectivity index (χ0n) is 10.8. The number of hydrogen-bond acceptors (Lipinski definition) is 2. The molecule has 1 heterocycles. The van der Waals surface area contributed by atoms with Crippen molar-refractivity contribution < 1.29 is 4.74 Å². The first-order chi connectivity index (χ1) is 8.78. The van der Waals surface area contributed by atoms with Gasteiger partial charge < -0.3 is 10.1 Å². The third-order valence-electron chi connectivity index (χ3n) is 3.49. The lowest BCUT2D eigenvalue weighted by atomic mass is 10.00. The number of hydrogen-bond donors (Lipinski definition) is 1. The molecule has 0 spiro atoms. The summed E-state index contributed by atoms with van der Waals surface area (Å²) >= 11 is 0. The first-order valence-electron chi connectivity index (χ1n) is 6.30. The van der Waals surface area contributed by atoms with Crippen LogP contribution in [0, 0.1) is 6.92 Å². The van der Waals surface area contributed by atoms with E-state index in [0.717, 1.165) is 24.3 Å². The maximum atomic E-state index is 5.45. The molecule has 0 amide bonds. The van der Waals surface area contributed by atoms with Gasteiger partial charge in [-0.1, -0.05) is 23.8 Å². The minimum absolute atomic E-state index is 0.929. The van der Waals surface area contributed by atoms with Crippen LogP contribution in [0.15, 0.2) is 36.4 Å². The summed E-state index contributed by atoms with van der Waals surface area (Å²) in [5, 5.41) is 3.42. The molecule has 2 aromatic carbocycles. The van der Waals surface area contributed by atoms with Gasteiger partial charge in [-0.2, -0.15) is 0 Å². The van der Waals surface area contributed by atoms with Crippen LogP contribution in [0.1, 0.15) is 11.1 Å². The van der Waals surface area contributed by atoms with E-state index < -0.39 is 0 Å². The third-order valence-corrected chi connectivity index (χ3v) is 3.49. The summed E-state index contributed by atoms with van der Waals surface area (Å²) in [4.78, 5) is 0. The van der Waals surface area contributed by atoms with Crippen LogP contribution < -0.4 is 10.1 Å². The third kappa shape index (κ3) is 1.84. The highest BCUT2D eigenvalue weighted by Gasteiger charge is 2.12. The second kappa shape index (κ2) is 4.37. The second-order valence-corrected chi connectivity index (χ2v) is 4.75. The number of benzene rings is 2. The van der Waals surface area contributed by atoms with Gasteiger partial charge >= 0.3 is 0 Å². The van der Waals surface area contributed by atoms with Gasteiger partial charge in [0.2, 0.25) is 0 Å². The van der Waals surface area contributed by atoms with Crippen molar-refractivity contribution in [1.82, 2.24) is 0 Å². The number of ether oxygens (including phenoxy) is 1. The number of aryl methyl sites for hydroxylation is 1. The van der Waals surface area contributed by atoms with Crippen molar-refractivity contribution >= 4 is 5.69 Å². The van der Waals surface area contributed by atoms with E-state index >= 15 is 0 Å². The molecule has 1 N–H and O–H groups in total. The normalized spacial score (nSPS) is 13.0. The van der Waals surface area contributed by atoms with Gasteiger partial charge in [0.1, 0.15) is 5.75 Å². The maximum absolute atomic E-state index is 5.45. The molecule has 0 unspecified atom stereocenters. The minimum Gasteiger partial charge on any atom is -0.496 e. The Hall–Kier alpha value is -1.96. The zero-order valence-corrected chi connectivity index (χ0v) is 10.8. The molecule has 2 heteroatoms. The Morgan fingerprint density at radius 1 is 1.11 bits per heavy atom. The minimum atomic E-state index is 0.929. The second-order valence-electron chi connectivity index (χ2n) is 4.75. The molecule has 0 radical (unpaired) electrons. The Kier molecular flexibility index (Phi) is 2.71. The number of anilines is 1. The average Bonchev–Trinajstić information content (AvgIpc) is 2.85. The Morgan fingerprint density at radius 2 is 2.00 bits per heavy atom. The number of methoxy groups -OCH3 is 1. The first kappa shape index (κ1) is 11.1. The quantitative estimate of drug-likeness (QED) is 0.864. The maximum Gasteiger partial charge on any atom is 0.126 e. The number of fused-ring (bicyclic) bond motifs is 1. The topological polar surface area (TPSA) is 21.3 Å². The summed E-state index contributed by atoms with van der Waals surface area (Å²) in [5.74, 6) is 0.929. The van der Waals surface area contributed by atoms with Gasteiger partial charge in [-0.15, -0.1) is 0 Å². The molecule has 0 fully saturated rings. The summed E-state index contributed by atoms with van der Waals surface area (Å²) in [7, 11) is 1.72. The zero-order chi connectivity index (χ0) is 12.5. The van der Waals surface area contributed by atoms with Crippen molar-refractivity contribution in [3.05, 3.63) is 47.5 Å². The standard InChI is InChI=1S/C16H17NO/c1-11-3-6-16(18-2)14(9-11)13-5-4-12-7-8-17-15(12)10-13/h3-6,9-10,17H,7-8H2,1-2H3. The molecule has 3 rings (SSSR count). The van der Waals surface area contributed by atoms with Gasteiger partial charge in [0.05, 0.1) is 7.11 Å². The van der Waals surface area contributed by atoms with E-state index in [2.05, 4.69) is 42.6 Å². The van der Waals surface area contributed by atoms with Gasteiger partial charge in [0, 0.05) is 17.8 Å². The van der Waals surface area contributed by atoms with Crippen LogP contribution in [0.2, 0.25) is 0 Å². The Balaban J connectivity index is 2.12. The van der Waals surface area contributed by atoms with E-state index in [1.54, 1.807) is 7.11 Å². The molecular formula is C16H17NO. The molecule has 1 aliphatic rings. The smallest absolute Gasteiger partial charge is 0.126 e. The van der Waals surface area contributed by atoms with Crippen molar-refractivity contribution in [1.29, 1.82) is 0 Å². The molecule has 0 saturated heterocycles. The monoisotopic (exact) mass is 239 g/mol. The molecule has 0 aromatic heterocycles. The van der Waals surface area contributed by atoms with Gasteiger partial charge in [-0.25, -0.2) is 0 Å².